The fraction of sp³-hybridized carbons (Fsp3) is 0.818. The van der Waals surface area contributed by atoms with Crippen LogP contribution in [-0.2, 0) is 14.2 Å². The summed E-state index contributed by atoms with van der Waals surface area (Å²) in [6.45, 7) is 2.09. The van der Waals surface area contributed by atoms with Gasteiger partial charge in [-0.25, -0.2) is 14.5 Å². The SMILES string of the molecule is CN(C)C(=O)OC(OC(=O)N(C)C)N1CCOCC1. The molecule has 8 nitrogen and oxygen atoms in total. The van der Waals surface area contributed by atoms with Crippen LogP contribution in [-0.4, -0.2) is 87.8 Å². The minimum absolute atomic E-state index is 0.509. The van der Waals surface area contributed by atoms with E-state index in [0.717, 1.165) is 0 Å². The summed E-state index contributed by atoms with van der Waals surface area (Å²) in [5.74, 6) is 0. The Balaban J connectivity index is 2.66. The van der Waals surface area contributed by atoms with Crippen LogP contribution in [0.15, 0.2) is 0 Å². The monoisotopic (exact) mass is 275 g/mol. The lowest BCUT2D eigenvalue weighted by Crippen LogP contribution is -2.49. The number of amides is 2. The first kappa shape index (κ1) is 15.5. The van der Waals surface area contributed by atoms with Crippen LogP contribution in [0.5, 0.6) is 0 Å². The summed E-state index contributed by atoms with van der Waals surface area (Å²) < 4.78 is 15.5. The van der Waals surface area contributed by atoms with Crippen LogP contribution >= 0.6 is 0 Å². The van der Waals surface area contributed by atoms with Crippen molar-refractivity contribution in [3.63, 3.8) is 0 Å². The Morgan fingerprint density at radius 2 is 1.42 bits per heavy atom. The van der Waals surface area contributed by atoms with Crippen LogP contribution in [0.3, 0.4) is 0 Å². The van der Waals surface area contributed by atoms with E-state index in [1.807, 2.05) is 0 Å². The number of hydrogen-bond donors (Lipinski definition) is 0. The molecule has 0 radical (unpaired) electrons. The van der Waals surface area contributed by atoms with Gasteiger partial charge in [0.2, 0.25) is 0 Å². The van der Waals surface area contributed by atoms with E-state index in [0.29, 0.717) is 26.3 Å². The Bertz CT molecular complexity index is 293. The summed E-state index contributed by atoms with van der Waals surface area (Å²) in [4.78, 5) is 27.5. The Kier molecular flexibility index (Phi) is 5.84. The molecule has 110 valence electrons. The number of ether oxygens (including phenoxy) is 3. The molecule has 0 saturated carbocycles. The van der Waals surface area contributed by atoms with E-state index in [9.17, 15) is 9.59 Å². The molecule has 1 saturated heterocycles. The first-order chi connectivity index (χ1) is 8.91. The molecule has 0 spiro atoms. The highest BCUT2D eigenvalue weighted by atomic mass is 16.7. The summed E-state index contributed by atoms with van der Waals surface area (Å²) in [5.41, 5.74) is 0. The summed E-state index contributed by atoms with van der Waals surface area (Å²) >= 11 is 0. The molecule has 0 aromatic carbocycles. The Hall–Kier alpha value is -1.54. The van der Waals surface area contributed by atoms with Gasteiger partial charge in [-0.1, -0.05) is 0 Å². The number of hydrogen-bond acceptors (Lipinski definition) is 6. The molecule has 0 bridgehead atoms. The topological polar surface area (TPSA) is 71.6 Å². The molecule has 19 heavy (non-hydrogen) atoms. The van der Waals surface area contributed by atoms with Crippen molar-refractivity contribution in [2.75, 3.05) is 54.5 Å². The van der Waals surface area contributed by atoms with Gasteiger partial charge in [-0.15, -0.1) is 0 Å². The lowest BCUT2D eigenvalue weighted by atomic mass is 10.4. The smallest absolute Gasteiger partial charge is 0.394 e. The first-order valence-corrected chi connectivity index (χ1v) is 5.99. The van der Waals surface area contributed by atoms with E-state index in [1.165, 1.54) is 9.80 Å². The van der Waals surface area contributed by atoms with Crippen molar-refractivity contribution in [2.45, 2.75) is 6.41 Å². The number of carbonyl (C=O) groups is 2. The summed E-state index contributed by atoms with van der Waals surface area (Å²) in [7, 11) is 6.25. The van der Waals surface area contributed by atoms with Crippen LogP contribution in [0.4, 0.5) is 9.59 Å². The summed E-state index contributed by atoms with van der Waals surface area (Å²) in [6, 6.07) is 0. The van der Waals surface area contributed by atoms with E-state index >= 15 is 0 Å². The molecular weight excluding hydrogens is 254 g/mol. The van der Waals surface area contributed by atoms with Gasteiger partial charge in [0.1, 0.15) is 0 Å². The Morgan fingerprint density at radius 1 is 1.00 bits per heavy atom. The fourth-order valence-corrected chi connectivity index (χ4v) is 1.34. The zero-order valence-corrected chi connectivity index (χ0v) is 11.8. The Labute approximate surface area is 112 Å². The van der Waals surface area contributed by atoms with Crippen molar-refractivity contribution in [3.05, 3.63) is 0 Å². The van der Waals surface area contributed by atoms with Gasteiger partial charge in [-0.3, -0.25) is 0 Å². The predicted octanol–water partition coefficient (Wildman–Crippen LogP) is -0.00140. The van der Waals surface area contributed by atoms with Gasteiger partial charge in [0.15, 0.2) is 0 Å². The van der Waals surface area contributed by atoms with Gasteiger partial charge in [-0.2, -0.15) is 0 Å². The van der Waals surface area contributed by atoms with E-state index in [-0.39, 0.29) is 0 Å². The van der Waals surface area contributed by atoms with Gasteiger partial charge in [0, 0.05) is 41.3 Å². The van der Waals surface area contributed by atoms with E-state index in [1.54, 1.807) is 33.1 Å². The highest BCUT2D eigenvalue weighted by Crippen LogP contribution is 2.10. The molecule has 1 aliphatic heterocycles. The van der Waals surface area contributed by atoms with Crippen molar-refractivity contribution in [3.8, 4) is 0 Å². The average molecular weight is 275 g/mol. The van der Waals surface area contributed by atoms with Gasteiger partial charge < -0.3 is 24.0 Å². The third-order valence-electron chi connectivity index (χ3n) is 2.48. The van der Waals surface area contributed by atoms with Gasteiger partial charge in [0.25, 0.3) is 0 Å². The molecule has 0 aromatic heterocycles. The molecule has 1 fully saturated rings. The fourth-order valence-electron chi connectivity index (χ4n) is 1.34. The molecule has 0 N–H and O–H groups in total. The predicted molar refractivity (Wildman–Crippen MR) is 66.5 cm³/mol. The molecular formula is C11H21N3O5. The van der Waals surface area contributed by atoms with Crippen molar-refractivity contribution < 1.29 is 23.8 Å². The van der Waals surface area contributed by atoms with Crippen LogP contribution in [0, 0.1) is 0 Å². The highest BCUT2D eigenvalue weighted by Gasteiger charge is 2.29. The average Bonchev–Trinajstić information content (AvgIpc) is 2.38. The van der Waals surface area contributed by atoms with Crippen molar-refractivity contribution in [1.29, 1.82) is 0 Å². The van der Waals surface area contributed by atoms with Gasteiger partial charge in [0.05, 0.1) is 13.2 Å². The number of carbonyl (C=O) groups excluding carboxylic acids is 2. The van der Waals surface area contributed by atoms with Crippen molar-refractivity contribution in [1.82, 2.24) is 14.7 Å². The number of rotatable bonds is 3. The molecule has 1 rings (SSSR count). The minimum atomic E-state index is -1.03. The second-order valence-electron chi connectivity index (χ2n) is 4.51. The standard InChI is InChI=1S/C11H21N3O5/c1-12(2)9(15)18-11(19-10(16)13(3)4)14-5-7-17-8-6-14/h11H,5-8H2,1-4H3. The summed E-state index contributed by atoms with van der Waals surface area (Å²) in [5, 5.41) is 0. The molecule has 8 heteroatoms. The van der Waals surface area contributed by atoms with Crippen molar-refractivity contribution >= 4 is 12.2 Å². The van der Waals surface area contributed by atoms with E-state index in [2.05, 4.69) is 0 Å². The lowest BCUT2D eigenvalue weighted by Gasteiger charge is -2.33. The lowest BCUT2D eigenvalue weighted by molar-refractivity contribution is -0.183. The van der Waals surface area contributed by atoms with Crippen LogP contribution in [0.1, 0.15) is 0 Å². The number of morpholine rings is 1. The molecule has 0 aliphatic carbocycles. The third kappa shape index (κ3) is 4.92. The largest absolute Gasteiger partial charge is 0.413 e. The third-order valence-corrected chi connectivity index (χ3v) is 2.48. The van der Waals surface area contributed by atoms with Crippen LogP contribution in [0.2, 0.25) is 0 Å². The maximum atomic E-state index is 11.6. The maximum Gasteiger partial charge on any atom is 0.413 e. The van der Waals surface area contributed by atoms with Crippen LogP contribution in [0.25, 0.3) is 0 Å². The van der Waals surface area contributed by atoms with Gasteiger partial charge in [-0.05, 0) is 0 Å². The number of nitrogens with zero attached hydrogens (tertiary/aromatic N) is 3. The van der Waals surface area contributed by atoms with Crippen LogP contribution < -0.4 is 0 Å². The van der Waals surface area contributed by atoms with Crippen molar-refractivity contribution in [2.24, 2.45) is 0 Å². The zero-order chi connectivity index (χ0) is 14.4. The molecule has 1 heterocycles. The Morgan fingerprint density at radius 3 is 1.79 bits per heavy atom. The first-order valence-electron chi connectivity index (χ1n) is 5.99. The molecule has 0 unspecified atom stereocenters. The molecule has 1 aliphatic rings. The minimum Gasteiger partial charge on any atom is -0.394 e. The maximum absolute atomic E-state index is 11.6. The highest BCUT2D eigenvalue weighted by molar-refractivity contribution is 5.68. The molecule has 0 atom stereocenters. The quantitative estimate of drug-likeness (QED) is 0.675. The molecule has 2 amide bonds. The van der Waals surface area contributed by atoms with E-state index < -0.39 is 18.6 Å². The zero-order valence-electron chi connectivity index (χ0n) is 11.8. The molecule has 0 aromatic rings. The second-order valence-corrected chi connectivity index (χ2v) is 4.51. The van der Waals surface area contributed by atoms with E-state index in [4.69, 9.17) is 14.2 Å². The normalized spacial score (nSPS) is 16.1. The van der Waals surface area contributed by atoms with Gasteiger partial charge >= 0.3 is 18.6 Å². The second kappa shape index (κ2) is 7.15. The summed E-state index contributed by atoms with van der Waals surface area (Å²) in [6.07, 6.45) is -2.17.